The number of halogens is 1. The SMILES string of the molecule is NC(=O)COc1ccc(Cl)cc1C=NN1C(=O)C2C3C=CC(C3)C2C1=O. The smallest absolute Gasteiger partial charge is 0.255 e. The topological polar surface area (TPSA) is 102 Å². The zero-order chi connectivity index (χ0) is 18.4. The normalized spacial score (nSPS) is 29.0. The fourth-order valence-electron chi connectivity index (χ4n) is 4.02. The van der Waals surface area contributed by atoms with Crippen molar-refractivity contribution in [3.05, 3.63) is 40.9 Å². The van der Waals surface area contributed by atoms with Crippen LogP contribution in [0.3, 0.4) is 0 Å². The van der Waals surface area contributed by atoms with Crippen LogP contribution in [0.5, 0.6) is 5.75 Å². The summed E-state index contributed by atoms with van der Waals surface area (Å²) in [7, 11) is 0. The number of hydrogen-bond acceptors (Lipinski definition) is 5. The van der Waals surface area contributed by atoms with Gasteiger partial charge in [0.05, 0.1) is 18.1 Å². The van der Waals surface area contributed by atoms with Gasteiger partial charge >= 0.3 is 0 Å². The maximum absolute atomic E-state index is 12.6. The largest absolute Gasteiger partial charge is 0.483 e. The van der Waals surface area contributed by atoms with Crippen LogP contribution in [0.2, 0.25) is 5.02 Å². The Balaban J connectivity index is 1.57. The van der Waals surface area contributed by atoms with Crippen LogP contribution >= 0.6 is 11.6 Å². The quantitative estimate of drug-likeness (QED) is 0.478. The average Bonchev–Trinajstić information content (AvgIpc) is 3.27. The van der Waals surface area contributed by atoms with Crippen molar-refractivity contribution < 1.29 is 19.1 Å². The number of carbonyl (C=O) groups is 3. The van der Waals surface area contributed by atoms with E-state index in [2.05, 4.69) is 5.10 Å². The Morgan fingerprint density at radius 1 is 1.27 bits per heavy atom. The predicted octanol–water partition coefficient (Wildman–Crippen LogP) is 1.35. The lowest BCUT2D eigenvalue weighted by Crippen LogP contribution is -2.28. The summed E-state index contributed by atoms with van der Waals surface area (Å²) in [5.41, 5.74) is 5.53. The summed E-state index contributed by atoms with van der Waals surface area (Å²) < 4.78 is 5.32. The molecule has 134 valence electrons. The van der Waals surface area contributed by atoms with Crippen molar-refractivity contribution in [3.8, 4) is 5.75 Å². The molecule has 1 heterocycles. The Labute approximate surface area is 154 Å². The van der Waals surface area contributed by atoms with Gasteiger partial charge in [0.15, 0.2) is 6.61 Å². The van der Waals surface area contributed by atoms with Gasteiger partial charge in [-0.25, -0.2) is 0 Å². The van der Waals surface area contributed by atoms with E-state index < -0.39 is 5.91 Å². The molecule has 1 saturated carbocycles. The van der Waals surface area contributed by atoms with E-state index in [1.165, 1.54) is 6.21 Å². The molecule has 26 heavy (non-hydrogen) atoms. The van der Waals surface area contributed by atoms with E-state index in [1.807, 2.05) is 12.2 Å². The molecule has 4 unspecified atom stereocenters. The highest BCUT2D eigenvalue weighted by molar-refractivity contribution is 6.31. The van der Waals surface area contributed by atoms with E-state index in [0.717, 1.165) is 11.4 Å². The average molecular weight is 374 g/mol. The summed E-state index contributed by atoms with van der Waals surface area (Å²) in [6.07, 6.45) is 6.26. The number of carbonyl (C=O) groups excluding carboxylic acids is 3. The van der Waals surface area contributed by atoms with Crippen molar-refractivity contribution in [2.75, 3.05) is 6.61 Å². The monoisotopic (exact) mass is 373 g/mol. The third-order valence-corrected chi connectivity index (χ3v) is 5.34. The van der Waals surface area contributed by atoms with E-state index in [9.17, 15) is 14.4 Å². The Morgan fingerprint density at radius 3 is 2.54 bits per heavy atom. The van der Waals surface area contributed by atoms with Crippen molar-refractivity contribution in [2.45, 2.75) is 6.42 Å². The Morgan fingerprint density at radius 2 is 1.92 bits per heavy atom. The van der Waals surface area contributed by atoms with Crippen molar-refractivity contribution in [3.63, 3.8) is 0 Å². The summed E-state index contributed by atoms with van der Waals surface area (Å²) in [4.78, 5) is 36.1. The third kappa shape index (κ3) is 2.68. The number of primary amides is 1. The van der Waals surface area contributed by atoms with Crippen molar-refractivity contribution >= 4 is 35.5 Å². The first-order valence-corrected chi connectivity index (χ1v) is 8.64. The summed E-state index contributed by atoms with van der Waals surface area (Å²) in [6.45, 7) is -0.302. The second kappa shape index (κ2) is 6.25. The van der Waals surface area contributed by atoms with Crippen LogP contribution in [0.25, 0.3) is 0 Å². The molecule has 2 N–H and O–H groups in total. The highest BCUT2D eigenvalue weighted by Crippen LogP contribution is 2.52. The first-order valence-electron chi connectivity index (χ1n) is 8.26. The highest BCUT2D eigenvalue weighted by Gasteiger charge is 2.59. The Bertz CT molecular complexity index is 836. The lowest BCUT2D eigenvalue weighted by Gasteiger charge is -2.13. The standard InChI is InChI=1S/C18H16ClN3O4/c19-12-3-4-13(26-8-14(20)23)11(6-12)7-21-22-17(24)15-9-1-2-10(5-9)16(15)18(22)25/h1-4,6-7,9-10,15-16H,5,8H2,(H2,20,23). The third-order valence-electron chi connectivity index (χ3n) is 5.10. The molecule has 0 aromatic heterocycles. The van der Waals surface area contributed by atoms with E-state index in [0.29, 0.717) is 16.3 Å². The molecule has 0 radical (unpaired) electrons. The molecule has 4 atom stereocenters. The highest BCUT2D eigenvalue weighted by atomic mass is 35.5. The predicted molar refractivity (Wildman–Crippen MR) is 93.3 cm³/mol. The van der Waals surface area contributed by atoms with Gasteiger partial charge in [-0.3, -0.25) is 14.4 Å². The van der Waals surface area contributed by atoms with Crippen molar-refractivity contribution in [1.82, 2.24) is 5.01 Å². The van der Waals surface area contributed by atoms with Gasteiger partial charge in [0, 0.05) is 10.6 Å². The maximum Gasteiger partial charge on any atom is 0.255 e. The first kappa shape index (κ1) is 16.8. The number of allylic oxidation sites excluding steroid dienone is 2. The van der Waals surface area contributed by atoms with Gasteiger partial charge in [-0.1, -0.05) is 23.8 Å². The number of hydrazone groups is 1. The molecule has 2 aliphatic carbocycles. The van der Waals surface area contributed by atoms with Crippen LogP contribution < -0.4 is 10.5 Å². The molecule has 4 rings (SSSR count). The number of nitrogens with two attached hydrogens (primary N) is 1. The van der Waals surface area contributed by atoms with Crippen molar-refractivity contribution in [1.29, 1.82) is 0 Å². The lowest BCUT2D eigenvalue weighted by atomic mass is 9.85. The van der Waals surface area contributed by atoms with E-state index in [4.69, 9.17) is 22.1 Å². The minimum atomic E-state index is -0.622. The molecule has 7 nitrogen and oxygen atoms in total. The van der Waals surface area contributed by atoms with Gasteiger partial charge in [0.1, 0.15) is 5.75 Å². The summed E-state index contributed by atoms with van der Waals surface area (Å²) in [5.74, 6) is -1.19. The zero-order valence-electron chi connectivity index (χ0n) is 13.7. The number of benzene rings is 1. The number of rotatable bonds is 5. The van der Waals surface area contributed by atoms with Gasteiger partial charge in [0.2, 0.25) is 0 Å². The minimum absolute atomic E-state index is 0.127. The molecule has 1 aromatic carbocycles. The van der Waals surface area contributed by atoms with Crippen LogP contribution in [0.4, 0.5) is 0 Å². The van der Waals surface area contributed by atoms with Gasteiger partial charge in [-0.05, 0) is 36.5 Å². The van der Waals surface area contributed by atoms with Crippen LogP contribution in [-0.2, 0) is 14.4 Å². The van der Waals surface area contributed by atoms with Crippen LogP contribution in [0.15, 0.2) is 35.5 Å². The molecule has 3 amide bonds. The Hall–Kier alpha value is -2.67. The second-order valence-electron chi connectivity index (χ2n) is 6.67. The molecule has 1 aromatic rings. The van der Waals surface area contributed by atoms with Gasteiger partial charge in [-0.15, -0.1) is 0 Å². The molecule has 2 bridgehead atoms. The van der Waals surface area contributed by atoms with E-state index in [-0.39, 0.29) is 42.1 Å². The van der Waals surface area contributed by atoms with Gasteiger partial charge in [0.25, 0.3) is 17.7 Å². The number of hydrogen-bond donors (Lipinski definition) is 1. The van der Waals surface area contributed by atoms with Crippen LogP contribution in [0, 0.1) is 23.7 Å². The number of imide groups is 1. The zero-order valence-corrected chi connectivity index (χ0v) is 14.4. The minimum Gasteiger partial charge on any atom is -0.483 e. The number of amides is 3. The number of ether oxygens (including phenoxy) is 1. The lowest BCUT2D eigenvalue weighted by molar-refractivity contribution is -0.140. The second-order valence-corrected chi connectivity index (χ2v) is 7.11. The van der Waals surface area contributed by atoms with Gasteiger partial charge < -0.3 is 10.5 Å². The molecular weight excluding hydrogens is 358 g/mol. The van der Waals surface area contributed by atoms with Crippen LogP contribution in [0.1, 0.15) is 12.0 Å². The number of fused-ring (bicyclic) bond motifs is 5. The molecule has 2 fully saturated rings. The summed E-state index contributed by atoms with van der Waals surface area (Å²) in [6, 6.07) is 4.73. The molecule has 1 saturated heterocycles. The molecule has 3 aliphatic rings. The molecular formula is C18H16ClN3O4. The molecule has 1 aliphatic heterocycles. The van der Waals surface area contributed by atoms with E-state index >= 15 is 0 Å². The molecule has 8 heteroatoms. The molecule has 0 spiro atoms. The number of nitrogens with zero attached hydrogens (tertiary/aromatic N) is 2. The Kier molecular flexibility index (Phi) is 4.03. The van der Waals surface area contributed by atoms with Crippen LogP contribution in [-0.4, -0.2) is 35.6 Å². The summed E-state index contributed by atoms with van der Waals surface area (Å²) in [5, 5.41) is 5.46. The van der Waals surface area contributed by atoms with Crippen molar-refractivity contribution in [2.24, 2.45) is 34.5 Å². The first-order chi connectivity index (χ1) is 12.5. The summed E-state index contributed by atoms with van der Waals surface area (Å²) >= 11 is 5.99. The maximum atomic E-state index is 12.6. The fourth-order valence-corrected chi connectivity index (χ4v) is 4.20. The van der Waals surface area contributed by atoms with Gasteiger partial charge in [-0.2, -0.15) is 10.1 Å². The van der Waals surface area contributed by atoms with E-state index in [1.54, 1.807) is 18.2 Å². The fraction of sp³-hybridized carbons (Fsp3) is 0.333.